The summed E-state index contributed by atoms with van der Waals surface area (Å²) in [6, 6.07) is 1.74. The molecular formula is C11H12Br2O4. The summed E-state index contributed by atoms with van der Waals surface area (Å²) < 4.78 is 16.5. The van der Waals surface area contributed by atoms with Crippen LogP contribution in [0, 0.1) is 0 Å². The number of benzene rings is 1. The lowest BCUT2D eigenvalue weighted by atomic mass is 10.1. The molecule has 4 nitrogen and oxygen atoms in total. The van der Waals surface area contributed by atoms with Crippen molar-refractivity contribution in [2.75, 3.05) is 21.3 Å². The van der Waals surface area contributed by atoms with Crippen LogP contribution in [0.3, 0.4) is 0 Å². The van der Waals surface area contributed by atoms with Crippen LogP contribution in [0.15, 0.2) is 15.0 Å². The number of ether oxygens (including phenoxy) is 3. The molecule has 0 saturated carbocycles. The van der Waals surface area contributed by atoms with Crippen molar-refractivity contribution >= 4 is 37.8 Å². The van der Waals surface area contributed by atoms with Gasteiger partial charge in [0.25, 0.3) is 0 Å². The van der Waals surface area contributed by atoms with Crippen molar-refractivity contribution in [3.05, 3.63) is 20.6 Å². The molecule has 1 aromatic rings. The van der Waals surface area contributed by atoms with Crippen LogP contribution in [0.25, 0.3) is 0 Å². The maximum atomic E-state index is 11.3. The maximum absolute atomic E-state index is 11.3. The number of carbonyl (C=O) groups is 1. The van der Waals surface area contributed by atoms with Gasteiger partial charge < -0.3 is 14.2 Å². The lowest BCUT2D eigenvalue weighted by Gasteiger charge is -2.14. The number of rotatable bonds is 4. The second-order valence-electron chi connectivity index (χ2n) is 3.15. The molecule has 94 valence electrons. The van der Waals surface area contributed by atoms with Crippen molar-refractivity contribution in [2.45, 2.75) is 6.42 Å². The van der Waals surface area contributed by atoms with E-state index in [9.17, 15) is 4.79 Å². The van der Waals surface area contributed by atoms with Gasteiger partial charge in [-0.15, -0.1) is 0 Å². The summed E-state index contributed by atoms with van der Waals surface area (Å²) in [5.41, 5.74) is 0.700. The van der Waals surface area contributed by atoms with E-state index in [2.05, 4.69) is 36.6 Å². The van der Waals surface area contributed by atoms with Gasteiger partial charge in [0.1, 0.15) is 11.5 Å². The molecule has 1 rings (SSSR count). The molecule has 0 bridgehead atoms. The van der Waals surface area contributed by atoms with Crippen LogP contribution in [0.5, 0.6) is 11.5 Å². The summed E-state index contributed by atoms with van der Waals surface area (Å²) in [5, 5.41) is 0. The Morgan fingerprint density at radius 3 is 2.29 bits per heavy atom. The van der Waals surface area contributed by atoms with Crippen LogP contribution in [-0.2, 0) is 16.0 Å². The minimum Gasteiger partial charge on any atom is -0.496 e. The molecule has 0 spiro atoms. The van der Waals surface area contributed by atoms with E-state index in [4.69, 9.17) is 9.47 Å². The zero-order valence-electron chi connectivity index (χ0n) is 9.67. The third-order valence-corrected chi connectivity index (χ3v) is 4.27. The summed E-state index contributed by atoms with van der Waals surface area (Å²) in [4.78, 5) is 11.3. The van der Waals surface area contributed by atoms with Crippen molar-refractivity contribution in [3.63, 3.8) is 0 Å². The van der Waals surface area contributed by atoms with Crippen molar-refractivity contribution in [1.29, 1.82) is 0 Å². The van der Waals surface area contributed by atoms with Gasteiger partial charge >= 0.3 is 5.97 Å². The van der Waals surface area contributed by atoms with Crippen molar-refractivity contribution < 1.29 is 19.0 Å². The second-order valence-corrected chi connectivity index (χ2v) is 4.74. The Morgan fingerprint density at radius 2 is 1.82 bits per heavy atom. The minimum atomic E-state index is -0.334. The van der Waals surface area contributed by atoms with Gasteiger partial charge in [-0.25, -0.2) is 0 Å². The van der Waals surface area contributed by atoms with Gasteiger partial charge in [-0.05, 0) is 37.9 Å². The Kier molecular flexibility index (Phi) is 5.27. The van der Waals surface area contributed by atoms with E-state index in [0.717, 1.165) is 4.47 Å². The molecule has 0 saturated heterocycles. The number of carbonyl (C=O) groups excluding carboxylic acids is 1. The van der Waals surface area contributed by atoms with Gasteiger partial charge in [0, 0.05) is 5.56 Å². The van der Waals surface area contributed by atoms with E-state index in [0.29, 0.717) is 21.5 Å². The normalized spacial score (nSPS) is 9.94. The Balaban J connectivity index is 3.27. The number of methoxy groups -OCH3 is 3. The van der Waals surface area contributed by atoms with E-state index in [1.807, 2.05) is 0 Å². The van der Waals surface area contributed by atoms with E-state index >= 15 is 0 Å². The van der Waals surface area contributed by atoms with Crippen LogP contribution in [0.4, 0.5) is 0 Å². The fraction of sp³-hybridized carbons (Fsp3) is 0.364. The Labute approximate surface area is 116 Å². The van der Waals surface area contributed by atoms with E-state index < -0.39 is 0 Å². The number of halogens is 2. The molecule has 0 amide bonds. The topological polar surface area (TPSA) is 44.8 Å². The molecule has 0 aromatic heterocycles. The van der Waals surface area contributed by atoms with Gasteiger partial charge in [-0.1, -0.05) is 0 Å². The Morgan fingerprint density at radius 1 is 1.18 bits per heavy atom. The Bertz CT molecular complexity index is 432. The van der Waals surface area contributed by atoms with Crippen molar-refractivity contribution in [1.82, 2.24) is 0 Å². The average Bonchev–Trinajstić information content (AvgIpc) is 2.33. The lowest BCUT2D eigenvalue weighted by molar-refractivity contribution is -0.139. The van der Waals surface area contributed by atoms with Gasteiger partial charge in [0.2, 0.25) is 0 Å². The molecule has 1 aromatic carbocycles. The predicted octanol–water partition coefficient (Wildman–Crippen LogP) is 2.94. The van der Waals surface area contributed by atoms with E-state index in [1.165, 1.54) is 7.11 Å². The smallest absolute Gasteiger partial charge is 0.310 e. The van der Waals surface area contributed by atoms with E-state index in [1.54, 1.807) is 20.3 Å². The molecule has 0 atom stereocenters. The van der Waals surface area contributed by atoms with Crippen molar-refractivity contribution in [2.24, 2.45) is 0 Å². The third kappa shape index (κ3) is 3.13. The first-order chi connectivity index (χ1) is 8.04. The first-order valence-corrected chi connectivity index (χ1v) is 6.29. The average molecular weight is 368 g/mol. The predicted molar refractivity (Wildman–Crippen MR) is 70.7 cm³/mol. The standard InChI is InChI=1S/C11H12Br2O4/c1-15-7-4-6(5-8(14)16-2)11(17-3)10(13)9(7)12/h4H,5H2,1-3H3. The van der Waals surface area contributed by atoms with Crippen LogP contribution in [0.1, 0.15) is 5.56 Å². The first kappa shape index (κ1) is 14.3. The highest BCUT2D eigenvalue weighted by Gasteiger charge is 2.18. The molecule has 0 heterocycles. The van der Waals surface area contributed by atoms with Crippen molar-refractivity contribution in [3.8, 4) is 11.5 Å². The molecule has 0 fully saturated rings. The second kappa shape index (κ2) is 6.26. The van der Waals surface area contributed by atoms with Gasteiger partial charge in [0.05, 0.1) is 36.7 Å². The molecule has 0 aliphatic carbocycles. The minimum absolute atomic E-state index is 0.127. The first-order valence-electron chi connectivity index (χ1n) is 4.70. The summed E-state index contributed by atoms with van der Waals surface area (Å²) in [5.74, 6) is 0.874. The summed E-state index contributed by atoms with van der Waals surface area (Å²) >= 11 is 6.77. The molecule has 0 aliphatic rings. The molecule has 0 aliphatic heterocycles. The summed E-state index contributed by atoms with van der Waals surface area (Å²) in [6.07, 6.45) is 0.127. The zero-order valence-corrected chi connectivity index (χ0v) is 12.8. The molecule has 0 unspecified atom stereocenters. The molecule has 0 N–H and O–H groups in total. The van der Waals surface area contributed by atoms with Gasteiger partial charge in [0.15, 0.2) is 0 Å². The molecular weight excluding hydrogens is 356 g/mol. The van der Waals surface area contributed by atoms with Crippen LogP contribution >= 0.6 is 31.9 Å². The highest BCUT2D eigenvalue weighted by atomic mass is 79.9. The van der Waals surface area contributed by atoms with Gasteiger partial charge in [-0.2, -0.15) is 0 Å². The zero-order chi connectivity index (χ0) is 13.0. The number of hydrogen-bond donors (Lipinski definition) is 0. The molecule has 6 heteroatoms. The lowest BCUT2D eigenvalue weighted by Crippen LogP contribution is -2.07. The Hall–Kier alpha value is -0.750. The summed E-state index contributed by atoms with van der Waals surface area (Å²) in [6.45, 7) is 0. The van der Waals surface area contributed by atoms with Crippen LogP contribution < -0.4 is 9.47 Å². The highest BCUT2D eigenvalue weighted by Crippen LogP contribution is 2.42. The fourth-order valence-corrected chi connectivity index (χ4v) is 2.43. The monoisotopic (exact) mass is 366 g/mol. The molecule has 0 radical (unpaired) electrons. The third-order valence-electron chi connectivity index (χ3n) is 2.19. The van der Waals surface area contributed by atoms with Gasteiger partial charge in [-0.3, -0.25) is 4.79 Å². The fourth-order valence-electron chi connectivity index (χ4n) is 1.36. The number of esters is 1. The van der Waals surface area contributed by atoms with Crippen LogP contribution in [0.2, 0.25) is 0 Å². The maximum Gasteiger partial charge on any atom is 0.310 e. The molecule has 17 heavy (non-hydrogen) atoms. The van der Waals surface area contributed by atoms with Crippen LogP contribution in [-0.4, -0.2) is 27.3 Å². The van der Waals surface area contributed by atoms with E-state index in [-0.39, 0.29) is 12.4 Å². The highest BCUT2D eigenvalue weighted by molar-refractivity contribution is 9.13. The quantitative estimate of drug-likeness (QED) is 0.767. The number of hydrogen-bond acceptors (Lipinski definition) is 4. The largest absolute Gasteiger partial charge is 0.496 e. The summed E-state index contributed by atoms with van der Waals surface area (Å²) in [7, 11) is 4.45. The SMILES string of the molecule is COC(=O)Cc1cc(OC)c(Br)c(Br)c1OC.